The highest BCUT2D eigenvalue weighted by atomic mass is 16.5. The second-order valence-corrected chi connectivity index (χ2v) is 4.27. The van der Waals surface area contributed by atoms with Gasteiger partial charge in [0.05, 0.1) is 12.7 Å². The van der Waals surface area contributed by atoms with Crippen molar-refractivity contribution in [3.05, 3.63) is 0 Å². The van der Waals surface area contributed by atoms with Crippen LogP contribution < -0.4 is 0 Å². The maximum Gasteiger partial charge on any atom is 0.0581 e. The zero-order valence-corrected chi connectivity index (χ0v) is 6.42. The minimum atomic E-state index is 0.586. The molecule has 0 aromatic rings. The quantitative estimate of drug-likeness (QED) is 0.495. The van der Waals surface area contributed by atoms with E-state index in [1.807, 2.05) is 0 Å². The highest BCUT2D eigenvalue weighted by molar-refractivity contribution is 5.05. The summed E-state index contributed by atoms with van der Waals surface area (Å²) in [6.45, 7) is 3.32. The first-order valence-corrected chi connectivity index (χ1v) is 4.48. The van der Waals surface area contributed by atoms with Crippen LogP contribution in [0.4, 0.5) is 0 Å². The van der Waals surface area contributed by atoms with Crippen LogP contribution in [0.3, 0.4) is 0 Å². The number of ether oxygens (including phenoxy) is 1. The average Bonchev–Trinajstić information content (AvgIpc) is 2.40. The van der Waals surface area contributed by atoms with Gasteiger partial charge in [-0.25, -0.2) is 0 Å². The molecule has 3 rings (SSSR count). The third-order valence-electron chi connectivity index (χ3n) is 3.74. The van der Waals surface area contributed by atoms with Crippen molar-refractivity contribution in [3.8, 4) is 0 Å². The lowest BCUT2D eigenvalue weighted by Gasteiger charge is -2.13. The molecule has 0 aromatic heterocycles. The summed E-state index contributed by atoms with van der Waals surface area (Å²) in [7, 11) is 0. The van der Waals surface area contributed by atoms with Gasteiger partial charge in [-0.1, -0.05) is 0 Å². The Morgan fingerprint density at radius 1 is 1.20 bits per heavy atom. The summed E-state index contributed by atoms with van der Waals surface area (Å²) in [4.78, 5) is 0. The second kappa shape index (κ2) is 1.58. The van der Waals surface area contributed by atoms with E-state index in [0.29, 0.717) is 6.10 Å². The molecule has 5 atom stereocenters. The number of hydrogen-bond acceptors (Lipinski definition) is 1. The zero-order valence-electron chi connectivity index (χ0n) is 6.42. The van der Waals surface area contributed by atoms with E-state index in [2.05, 4.69) is 6.92 Å². The highest BCUT2D eigenvalue weighted by Gasteiger charge is 2.57. The van der Waals surface area contributed by atoms with Gasteiger partial charge in [0.2, 0.25) is 0 Å². The average molecular weight is 138 g/mol. The minimum Gasteiger partial charge on any atom is -0.378 e. The van der Waals surface area contributed by atoms with E-state index in [1.165, 1.54) is 12.8 Å². The molecule has 3 fully saturated rings. The third-order valence-corrected chi connectivity index (χ3v) is 3.74. The molecule has 1 nitrogen and oxygen atoms in total. The first-order valence-electron chi connectivity index (χ1n) is 4.48. The smallest absolute Gasteiger partial charge is 0.0581 e. The summed E-state index contributed by atoms with van der Waals surface area (Å²) >= 11 is 0. The van der Waals surface area contributed by atoms with Crippen molar-refractivity contribution in [1.29, 1.82) is 0 Å². The molecule has 0 amide bonds. The van der Waals surface area contributed by atoms with Gasteiger partial charge in [0.15, 0.2) is 0 Å². The molecule has 0 aromatic carbocycles. The number of hydrogen-bond donors (Lipinski definition) is 0. The largest absolute Gasteiger partial charge is 0.378 e. The topological polar surface area (TPSA) is 9.23 Å². The van der Waals surface area contributed by atoms with Gasteiger partial charge < -0.3 is 4.74 Å². The molecule has 0 radical (unpaired) electrons. The van der Waals surface area contributed by atoms with Gasteiger partial charge in [0.1, 0.15) is 0 Å². The van der Waals surface area contributed by atoms with Crippen molar-refractivity contribution in [2.24, 2.45) is 23.7 Å². The van der Waals surface area contributed by atoms with E-state index in [1.54, 1.807) is 0 Å². The van der Waals surface area contributed by atoms with Gasteiger partial charge in [0.25, 0.3) is 0 Å². The Labute approximate surface area is 61.8 Å². The summed E-state index contributed by atoms with van der Waals surface area (Å²) < 4.78 is 5.62. The molecular weight excluding hydrogens is 124 g/mol. The Hall–Kier alpha value is -0.0400. The summed E-state index contributed by atoms with van der Waals surface area (Å²) in [5.41, 5.74) is 0. The first kappa shape index (κ1) is 5.59. The van der Waals surface area contributed by atoms with Crippen LogP contribution >= 0.6 is 0 Å². The summed E-state index contributed by atoms with van der Waals surface area (Å²) in [6, 6.07) is 0. The van der Waals surface area contributed by atoms with Gasteiger partial charge >= 0.3 is 0 Å². The molecule has 2 saturated carbocycles. The lowest BCUT2D eigenvalue weighted by molar-refractivity contribution is 0.0972. The minimum absolute atomic E-state index is 0.586. The van der Waals surface area contributed by atoms with Crippen LogP contribution in [-0.2, 0) is 4.74 Å². The van der Waals surface area contributed by atoms with E-state index in [0.717, 1.165) is 30.3 Å². The van der Waals surface area contributed by atoms with Crippen molar-refractivity contribution in [2.45, 2.75) is 25.9 Å². The van der Waals surface area contributed by atoms with Crippen molar-refractivity contribution in [1.82, 2.24) is 0 Å². The van der Waals surface area contributed by atoms with Crippen LogP contribution in [0, 0.1) is 23.7 Å². The zero-order chi connectivity index (χ0) is 6.72. The summed E-state index contributed by atoms with van der Waals surface area (Å²) in [6.07, 6.45) is 3.59. The predicted molar refractivity (Wildman–Crippen MR) is 38.6 cm³/mol. The maximum absolute atomic E-state index is 5.62. The van der Waals surface area contributed by atoms with Crippen LogP contribution in [0.5, 0.6) is 0 Å². The van der Waals surface area contributed by atoms with Crippen molar-refractivity contribution in [3.63, 3.8) is 0 Å². The first-order chi connectivity index (χ1) is 4.86. The molecule has 0 bridgehead atoms. The number of fused-ring (bicyclic) bond motifs is 3. The van der Waals surface area contributed by atoms with Gasteiger partial charge in [-0.05, 0) is 43.4 Å². The van der Waals surface area contributed by atoms with Crippen LogP contribution in [0.15, 0.2) is 0 Å². The predicted octanol–water partition coefficient (Wildman–Crippen LogP) is 1.68. The van der Waals surface area contributed by atoms with E-state index in [-0.39, 0.29) is 0 Å². The molecule has 0 spiro atoms. The molecule has 3 unspecified atom stereocenters. The van der Waals surface area contributed by atoms with Crippen LogP contribution in [0.2, 0.25) is 0 Å². The van der Waals surface area contributed by atoms with Crippen LogP contribution in [-0.4, -0.2) is 12.7 Å². The second-order valence-electron chi connectivity index (χ2n) is 4.27. The Morgan fingerprint density at radius 2 is 2.10 bits per heavy atom. The fourth-order valence-corrected chi connectivity index (χ4v) is 3.21. The Balaban J connectivity index is 1.88. The van der Waals surface area contributed by atoms with E-state index >= 15 is 0 Å². The van der Waals surface area contributed by atoms with E-state index < -0.39 is 0 Å². The molecule has 0 N–H and O–H groups in total. The Morgan fingerprint density at radius 3 is 2.90 bits per heavy atom. The van der Waals surface area contributed by atoms with E-state index in [9.17, 15) is 0 Å². The Kier molecular flexibility index (Phi) is 0.883. The summed E-state index contributed by atoms with van der Waals surface area (Å²) in [5.74, 6) is 4.13. The maximum atomic E-state index is 5.62. The van der Waals surface area contributed by atoms with Gasteiger partial charge in [-0.2, -0.15) is 0 Å². The van der Waals surface area contributed by atoms with Crippen molar-refractivity contribution in [2.75, 3.05) is 6.61 Å². The molecule has 56 valence electrons. The standard InChI is InChI=1S/C9H14O/c1-5-9-7(4-10-5)2-6-3-8(6)9/h5-9H,2-4H2,1H3/t5?,6-,7+,8?,9?/m1/s1. The lowest BCUT2D eigenvalue weighted by atomic mass is 9.91. The van der Waals surface area contributed by atoms with Crippen LogP contribution in [0.1, 0.15) is 19.8 Å². The van der Waals surface area contributed by atoms with Gasteiger partial charge in [-0.3, -0.25) is 0 Å². The fourth-order valence-electron chi connectivity index (χ4n) is 3.21. The fraction of sp³-hybridized carbons (Fsp3) is 1.00. The number of rotatable bonds is 0. The third kappa shape index (κ3) is 0.531. The van der Waals surface area contributed by atoms with Gasteiger partial charge in [0, 0.05) is 0 Å². The summed E-state index contributed by atoms with van der Waals surface area (Å²) in [5, 5.41) is 0. The molecule has 1 heterocycles. The van der Waals surface area contributed by atoms with Crippen LogP contribution in [0.25, 0.3) is 0 Å². The van der Waals surface area contributed by atoms with Gasteiger partial charge in [-0.15, -0.1) is 0 Å². The molecule has 1 saturated heterocycles. The SMILES string of the molecule is CC1OC[C@@H]2C[C@@H]3CC3C12. The molecule has 1 heteroatoms. The molecular formula is C9H14O. The lowest BCUT2D eigenvalue weighted by Crippen LogP contribution is -2.15. The molecule has 10 heavy (non-hydrogen) atoms. The highest BCUT2D eigenvalue weighted by Crippen LogP contribution is 2.61. The van der Waals surface area contributed by atoms with E-state index in [4.69, 9.17) is 4.74 Å². The Bertz CT molecular complexity index is 164. The monoisotopic (exact) mass is 138 g/mol. The normalized spacial score (nSPS) is 63.9. The van der Waals surface area contributed by atoms with Crippen molar-refractivity contribution < 1.29 is 4.74 Å². The molecule has 2 aliphatic carbocycles. The molecule has 1 aliphatic heterocycles. The van der Waals surface area contributed by atoms with Crippen molar-refractivity contribution >= 4 is 0 Å². The molecule has 3 aliphatic rings.